The average Bonchev–Trinajstić information content (AvgIpc) is 2.28. The fraction of sp³-hybridized carbons (Fsp3) is 0. The van der Waals surface area contributed by atoms with E-state index in [1.807, 2.05) is 36.4 Å². The largest absolute Gasteiger partial charge is 0.369 e. The first-order valence-corrected chi connectivity index (χ1v) is 4.87. The lowest BCUT2D eigenvalue weighted by molar-refractivity contribution is 1.00. The van der Waals surface area contributed by atoms with Crippen LogP contribution in [0, 0.1) is 5.41 Å². The van der Waals surface area contributed by atoms with Crippen molar-refractivity contribution in [1.29, 1.82) is 5.41 Å². The summed E-state index contributed by atoms with van der Waals surface area (Å²) in [6, 6.07) is 14.1. The molecular formula is C12H13ClN4. The molecule has 4 N–H and O–H groups in total. The molecule has 0 saturated heterocycles. The van der Waals surface area contributed by atoms with Gasteiger partial charge in [0.1, 0.15) is 0 Å². The summed E-state index contributed by atoms with van der Waals surface area (Å²) < 4.78 is 0. The number of rotatable bonds is 2. The number of halogens is 1. The zero-order valence-electron chi connectivity index (χ0n) is 9.05. The van der Waals surface area contributed by atoms with E-state index in [1.54, 1.807) is 6.21 Å². The van der Waals surface area contributed by atoms with E-state index in [2.05, 4.69) is 16.6 Å². The Bertz CT molecular complexity index is 551. The number of hydrogen-bond donors (Lipinski definition) is 3. The van der Waals surface area contributed by atoms with Crippen molar-refractivity contribution in [2.24, 2.45) is 10.8 Å². The van der Waals surface area contributed by atoms with E-state index in [-0.39, 0.29) is 18.4 Å². The van der Waals surface area contributed by atoms with Crippen LogP contribution in [0.25, 0.3) is 10.8 Å². The number of nitrogens with one attached hydrogen (secondary N) is 2. The smallest absolute Gasteiger partial charge is 0.206 e. The number of hydrogen-bond acceptors (Lipinski definition) is 2. The van der Waals surface area contributed by atoms with Crippen molar-refractivity contribution in [1.82, 2.24) is 5.43 Å². The molecule has 0 aliphatic carbocycles. The van der Waals surface area contributed by atoms with E-state index in [9.17, 15) is 0 Å². The van der Waals surface area contributed by atoms with Crippen molar-refractivity contribution in [3.05, 3.63) is 48.0 Å². The van der Waals surface area contributed by atoms with E-state index < -0.39 is 0 Å². The minimum Gasteiger partial charge on any atom is -0.369 e. The van der Waals surface area contributed by atoms with Crippen molar-refractivity contribution in [2.75, 3.05) is 0 Å². The van der Waals surface area contributed by atoms with Crippen LogP contribution in [0.1, 0.15) is 5.56 Å². The second kappa shape index (κ2) is 5.86. The van der Waals surface area contributed by atoms with Crippen LogP contribution in [0.2, 0.25) is 0 Å². The quantitative estimate of drug-likeness (QED) is 0.432. The first-order valence-electron chi connectivity index (χ1n) is 4.87. The fourth-order valence-electron chi connectivity index (χ4n) is 1.46. The van der Waals surface area contributed by atoms with Crippen molar-refractivity contribution in [2.45, 2.75) is 0 Å². The first kappa shape index (κ1) is 13.0. The summed E-state index contributed by atoms with van der Waals surface area (Å²) in [5.41, 5.74) is 8.44. The van der Waals surface area contributed by atoms with Gasteiger partial charge in [0.15, 0.2) is 0 Å². The Morgan fingerprint density at radius 1 is 1.18 bits per heavy atom. The van der Waals surface area contributed by atoms with Gasteiger partial charge in [-0.2, -0.15) is 5.10 Å². The van der Waals surface area contributed by atoms with Crippen molar-refractivity contribution >= 4 is 35.4 Å². The van der Waals surface area contributed by atoms with Gasteiger partial charge in [-0.1, -0.05) is 36.4 Å². The Balaban J connectivity index is 0.00000144. The molecule has 0 aromatic heterocycles. The molecule has 0 radical (unpaired) electrons. The molecule has 0 aliphatic heterocycles. The molecule has 2 aromatic rings. The molecule has 5 heteroatoms. The van der Waals surface area contributed by atoms with Crippen LogP contribution in [0.3, 0.4) is 0 Å². The molecule has 2 rings (SSSR count). The molecular weight excluding hydrogens is 236 g/mol. The first-order chi connectivity index (χ1) is 7.75. The van der Waals surface area contributed by atoms with Gasteiger partial charge in [-0.25, -0.2) is 5.43 Å². The van der Waals surface area contributed by atoms with E-state index in [0.717, 1.165) is 10.9 Å². The minimum atomic E-state index is -0.169. The number of fused-ring (bicyclic) bond motifs is 1. The van der Waals surface area contributed by atoms with Crippen LogP contribution >= 0.6 is 12.4 Å². The van der Waals surface area contributed by atoms with Gasteiger partial charge in [-0.05, 0) is 22.4 Å². The third kappa shape index (κ3) is 3.46. The molecule has 0 amide bonds. The highest BCUT2D eigenvalue weighted by atomic mass is 35.5. The lowest BCUT2D eigenvalue weighted by atomic mass is 10.1. The van der Waals surface area contributed by atoms with Gasteiger partial charge in [0, 0.05) is 0 Å². The summed E-state index contributed by atoms with van der Waals surface area (Å²) in [5, 5.41) is 13.1. The van der Waals surface area contributed by atoms with Gasteiger partial charge in [0.05, 0.1) is 6.21 Å². The predicted octanol–water partition coefficient (Wildman–Crippen LogP) is 2.08. The van der Waals surface area contributed by atoms with E-state index >= 15 is 0 Å². The number of benzene rings is 2. The summed E-state index contributed by atoms with van der Waals surface area (Å²) >= 11 is 0. The van der Waals surface area contributed by atoms with Crippen LogP contribution < -0.4 is 11.2 Å². The average molecular weight is 249 g/mol. The van der Waals surface area contributed by atoms with Crippen molar-refractivity contribution in [3.63, 3.8) is 0 Å². The Labute approximate surface area is 105 Å². The highest BCUT2D eigenvalue weighted by molar-refractivity contribution is 5.90. The molecule has 17 heavy (non-hydrogen) atoms. The molecule has 0 heterocycles. The van der Waals surface area contributed by atoms with E-state index in [4.69, 9.17) is 11.1 Å². The molecule has 0 bridgehead atoms. The lowest BCUT2D eigenvalue weighted by Crippen LogP contribution is -2.25. The van der Waals surface area contributed by atoms with Gasteiger partial charge >= 0.3 is 0 Å². The summed E-state index contributed by atoms with van der Waals surface area (Å²) in [6.07, 6.45) is 1.63. The zero-order chi connectivity index (χ0) is 11.4. The summed E-state index contributed by atoms with van der Waals surface area (Å²) in [7, 11) is 0. The Kier molecular flexibility index (Phi) is 4.48. The topological polar surface area (TPSA) is 74.3 Å². The third-order valence-corrected chi connectivity index (χ3v) is 2.17. The lowest BCUT2D eigenvalue weighted by Gasteiger charge is -1.99. The molecule has 4 nitrogen and oxygen atoms in total. The Hall–Kier alpha value is -2.07. The van der Waals surface area contributed by atoms with Crippen LogP contribution in [-0.4, -0.2) is 12.2 Å². The Morgan fingerprint density at radius 3 is 2.59 bits per heavy atom. The van der Waals surface area contributed by atoms with Gasteiger partial charge in [-0.3, -0.25) is 5.41 Å². The number of guanidine groups is 1. The van der Waals surface area contributed by atoms with Crippen molar-refractivity contribution < 1.29 is 0 Å². The molecule has 0 saturated carbocycles. The molecule has 2 aromatic carbocycles. The molecule has 0 unspecified atom stereocenters. The van der Waals surface area contributed by atoms with Gasteiger partial charge in [0.2, 0.25) is 5.96 Å². The Morgan fingerprint density at radius 2 is 1.88 bits per heavy atom. The standard InChI is InChI=1S/C12H12N4.ClH/c13-12(14)16-15-8-9-5-6-10-3-1-2-4-11(10)7-9;/h1-8H,(H4,13,14,16);1H/b15-8+;. The number of nitrogens with two attached hydrogens (primary N) is 1. The third-order valence-electron chi connectivity index (χ3n) is 2.17. The van der Waals surface area contributed by atoms with Gasteiger partial charge in [0.25, 0.3) is 0 Å². The SMILES string of the molecule is Cl.N=C(N)N/N=C/c1ccc2ccccc2c1. The number of nitrogens with zero attached hydrogens (tertiary/aromatic N) is 1. The second-order valence-electron chi connectivity index (χ2n) is 3.39. The summed E-state index contributed by atoms with van der Waals surface area (Å²) in [5.74, 6) is -0.169. The highest BCUT2D eigenvalue weighted by Gasteiger charge is 1.93. The maximum Gasteiger partial charge on any atom is 0.206 e. The van der Waals surface area contributed by atoms with Crippen molar-refractivity contribution in [3.8, 4) is 0 Å². The highest BCUT2D eigenvalue weighted by Crippen LogP contribution is 2.14. The maximum atomic E-state index is 6.94. The van der Waals surface area contributed by atoms with Crippen LogP contribution in [0.4, 0.5) is 0 Å². The summed E-state index contributed by atoms with van der Waals surface area (Å²) in [6.45, 7) is 0. The summed E-state index contributed by atoms with van der Waals surface area (Å²) in [4.78, 5) is 0. The fourth-order valence-corrected chi connectivity index (χ4v) is 1.46. The van der Waals surface area contributed by atoms with E-state index in [0.29, 0.717) is 0 Å². The predicted molar refractivity (Wildman–Crippen MR) is 73.8 cm³/mol. The van der Waals surface area contributed by atoms with Crippen LogP contribution in [-0.2, 0) is 0 Å². The van der Waals surface area contributed by atoms with Crippen LogP contribution in [0.15, 0.2) is 47.6 Å². The minimum absolute atomic E-state index is 0. The molecule has 0 spiro atoms. The molecule has 0 fully saturated rings. The maximum absolute atomic E-state index is 6.94. The van der Waals surface area contributed by atoms with Gasteiger partial charge in [-0.15, -0.1) is 12.4 Å². The van der Waals surface area contributed by atoms with Crippen LogP contribution in [0.5, 0.6) is 0 Å². The van der Waals surface area contributed by atoms with E-state index in [1.165, 1.54) is 5.39 Å². The molecule has 0 aliphatic rings. The number of hydrazone groups is 1. The molecule has 0 atom stereocenters. The second-order valence-corrected chi connectivity index (χ2v) is 3.39. The molecule has 88 valence electrons. The zero-order valence-corrected chi connectivity index (χ0v) is 9.87. The van der Waals surface area contributed by atoms with Gasteiger partial charge < -0.3 is 5.73 Å². The monoisotopic (exact) mass is 248 g/mol. The normalized spacial score (nSPS) is 10.1.